The molecule has 0 saturated heterocycles. The molecule has 1 rings (SSSR count). The first-order valence-electron chi connectivity index (χ1n) is 6.87. The maximum atomic E-state index is 3.61. The molecule has 4 heteroatoms. The van der Waals surface area contributed by atoms with Gasteiger partial charge in [-0.05, 0) is 66.5 Å². The Hall–Kier alpha value is 0.100. The molecule has 0 radical (unpaired) electrons. The fourth-order valence-electron chi connectivity index (χ4n) is 2.05. The fourth-order valence-corrected chi connectivity index (χ4v) is 3.57. The number of thiophene rings is 1. The molecule has 0 aliphatic carbocycles. The Morgan fingerprint density at radius 2 is 1.67 bits per heavy atom. The lowest BCUT2D eigenvalue weighted by atomic mass is 10.3. The summed E-state index contributed by atoms with van der Waals surface area (Å²) in [6.45, 7) is 13.7. The highest BCUT2D eigenvalue weighted by atomic mass is 79.9. The molecule has 0 unspecified atom stereocenters. The van der Waals surface area contributed by atoms with E-state index in [9.17, 15) is 0 Å². The molecule has 104 valence electrons. The minimum Gasteiger partial charge on any atom is -0.304 e. The zero-order valence-corrected chi connectivity index (χ0v) is 14.2. The van der Waals surface area contributed by atoms with Crippen molar-refractivity contribution < 1.29 is 0 Å². The van der Waals surface area contributed by atoms with Crippen LogP contribution in [-0.2, 0) is 6.54 Å². The summed E-state index contributed by atoms with van der Waals surface area (Å²) in [7, 11) is 0. The van der Waals surface area contributed by atoms with Crippen LogP contribution in [0.25, 0.3) is 0 Å². The molecule has 2 nitrogen and oxygen atoms in total. The topological polar surface area (TPSA) is 6.48 Å². The van der Waals surface area contributed by atoms with Gasteiger partial charge in [0.15, 0.2) is 0 Å². The third kappa shape index (κ3) is 5.39. The summed E-state index contributed by atoms with van der Waals surface area (Å²) >= 11 is 5.46. The van der Waals surface area contributed by atoms with Crippen LogP contribution in [0.4, 0.5) is 0 Å². The third-order valence-corrected chi connectivity index (χ3v) is 5.26. The Labute approximate surface area is 124 Å². The van der Waals surface area contributed by atoms with E-state index in [-0.39, 0.29) is 0 Å². The second kappa shape index (κ2) is 9.08. The van der Waals surface area contributed by atoms with Crippen molar-refractivity contribution in [2.24, 2.45) is 0 Å². The lowest BCUT2D eigenvalue weighted by Gasteiger charge is -2.23. The number of rotatable bonds is 9. The second-order valence-electron chi connectivity index (χ2n) is 4.44. The monoisotopic (exact) mass is 332 g/mol. The van der Waals surface area contributed by atoms with Gasteiger partial charge in [0.1, 0.15) is 0 Å². The number of halogens is 1. The van der Waals surface area contributed by atoms with Crippen molar-refractivity contribution in [2.75, 3.05) is 32.7 Å². The van der Waals surface area contributed by atoms with E-state index < -0.39 is 0 Å². The van der Waals surface area contributed by atoms with Gasteiger partial charge in [0.05, 0.1) is 0 Å². The summed E-state index contributed by atoms with van der Waals surface area (Å²) in [6.07, 6.45) is 1.26. The van der Waals surface area contributed by atoms with Gasteiger partial charge >= 0.3 is 0 Å². The lowest BCUT2D eigenvalue weighted by molar-refractivity contribution is 0.239. The largest absolute Gasteiger partial charge is 0.304 e. The van der Waals surface area contributed by atoms with Crippen molar-refractivity contribution >= 4 is 27.3 Å². The summed E-state index contributed by atoms with van der Waals surface area (Å²) in [5.41, 5.74) is 0. The summed E-state index contributed by atoms with van der Waals surface area (Å²) < 4.78 is 1.26. The first kappa shape index (κ1) is 16.2. The van der Waals surface area contributed by atoms with Crippen LogP contribution in [0.2, 0.25) is 0 Å². The van der Waals surface area contributed by atoms with Crippen LogP contribution in [0.5, 0.6) is 0 Å². The Morgan fingerprint density at radius 3 is 2.17 bits per heavy atom. The zero-order chi connectivity index (χ0) is 13.4. The van der Waals surface area contributed by atoms with Crippen molar-refractivity contribution in [1.82, 2.24) is 9.80 Å². The molecule has 0 saturated carbocycles. The van der Waals surface area contributed by atoms with E-state index in [2.05, 4.69) is 57.9 Å². The summed E-state index contributed by atoms with van der Waals surface area (Å²) in [6, 6.07) is 2.14. The third-order valence-electron chi connectivity index (χ3n) is 3.35. The highest BCUT2D eigenvalue weighted by Gasteiger charge is 2.08. The summed E-state index contributed by atoms with van der Waals surface area (Å²) in [5, 5.41) is 2.16. The lowest BCUT2D eigenvalue weighted by Crippen LogP contribution is -2.29. The molecule has 0 N–H and O–H groups in total. The Kier molecular flexibility index (Phi) is 8.15. The predicted molar refractivity (Wildman–Crippen MR) is 85.4 cm³/mol. The van der Waals surface area contributed by atoms with Gasteiger partial charge in [-0.3, -0.25) is 4.90 Å². The van der Waals surface area contributed by atoms with Crippen molar-refractivity contribution in [2.45, 2.75) is 33.7 Å². The molecule has 0 bridgehead atoms. The molecule has 0 fully saturated rings. The highest BCUT2D eigenvalue weighted by molar-refractivity contribution is 9.10. The Balaban J connectivity index is 2.32. The molecule has 1 aromatic heterocycles. The van der Waals surface area contributed by atoms with E-state index in [1.54, 1.807) is 0 Å². The van der Waals surface area contributed by atoms with Crippen LogP contribution < -0.4 is 0 Å². The Morgan fingerprint density at radius 1 is 1.06 bits per heavy atom. The molecule has 1 heterocycles. The van der Waals surface area contributed by atoms with Gasteiger partial charge in [-0.1, -0.05) is 20.8 Å². The van der Waals surface area contributed by atoms with Crippen LogP contribution in [-0.4, -0.2) is 42.5 Å². The van der Waals surface area contributed by atoms with E-state index in [1.807, 2.05) is 11.3 Å². The van der Waals surface area contributed by atoms with Gasteiger partial charge in [-0.25, -0.2) is 0 Å². The maximum absolute atomic E-state index is 3.61. The molecule has 0 spiro atoms. The summed E-state index contributed by atoms with van der Waals surface area (Å²) in [5.74, 6) is 0. The van der Waals surface area contributed by atoms with Gasteiger partial charge in [-0.2, -0.15) is 0 Å². The van der Waals surface area contributed by atoms with E-state index >= 15 is 0 Å². The normalized spacial score (nSPS) is 11.7. The van der Waals surface area contributed by atoms with Crippen LogP contribution in [0.1, 0.15) is 32.1 Å². The van der Waals surface area contributed by atoms with Crippen LogP contribution in [0.3, 0.4) is 0 Å². The van der Waals surface area contributed by atoms with Crippen LogP contribution in [0, 0.1) is 0 Å². The van der Waals surface area contributed by atoms with Crippen molar-refractivity contribution in [1.29, 1.82) is 0 Å². The number of hydrogen-bond acceptors (Lipinski definition) is 3. The second-order valence-corrected chi connectivity index (χ2v) is 6.30. The minimum absolute atomic E-state index is 1.08. The molecule has 0 aromatic carbocycles. The fraction of sp³-hybridized carbons (Fsp3) is 0.714. The highest BCUT2D eigenvalue weighted by Crippen LogP contribution is 2.24. The standard InChI is InChI=1S/C14H25BrN2S/c1-4-16(5-2)9-7-10-17(6-3)12-14-13(15)8-11-18-14/h8,11H,4-7,9-10,12H2,1-3H3. The first-order chi connectivity index (χ1) is 8.71. The van der Waals surface area contributed by atoms with Crippen LogP contribution in [0.15, 0.2) is 15.9 Å². The molecule has 0 aliphatic rings. The quantitative estimate of drug-likeness (QED) is 0.672. The Bertz CT molecular complexity index is 323. The van der Waals surface area contributed by atoms with Crippen molar-refractivity contribution in [3.8, 4) is 0 Å². The van der Waals surface area contributed by atoms with E-state index in [1.165, 1.54) is 41.9 Å². The maximum Gasteiger partial charge on any atom is 0.0339 e. The molecular formula is C14H25BrN2S. The molecular weight excluding hydrogens is 308 g/mol. The molecule has 0 amide bonds. The van der Waals surface area contributed by atoms with Gasteiger partial charge in [0.2, 0.25) is 0 Å². The van der Waals surface area contributed by atoms with Crippen molar-refractivity contribution in [3.05, 3.63) is 20.8 Å². The SMILES string of the molecule is CCN(CC)CCCN(CC)Cc1sccc1Br. The minimum atomic E-state index is 1.08. The van der Waals surface area contributed by atoms with Gasteiger partial charge < -0.3 is 4.90 Å². The van der Waals surface area contributed by atoms with Gasteiger partial charge in [0, 0.05) is 15.9 Å². The van der Waals surface area contributed by atoms with E-state index in [4.69, 9.17) is 0 Å². The molecule has 0 atom stereocenters. The molecule has 18 heavy (non-hydrogen) atoms. The molecule has 0 aliphatic heterocycles. The average Bonchev–Trinajstić information content (AvgIpc) is 2.79. The van der Waals surface area contributed by atoms with Gasteiger partial charge in [0.25, 0.3) is 0 Å². The number of hydrogen-bond donors (Lipinski definition) is 0. The molecule has 1 aromatic rings. The van der Waals surface area contributed by atoms with Crippen molar-refractivity contribution in [3.63, 3.8) is 0 Å². The zero-order valence-electron chi connectivity index (χ0n) is 11.8. The van der Waals surface area contributed by atoms with Crippen LogP contribution >= 0.6 is 27.3 Å². The predicted octanol–water partition coefficient (Wildman–Crippen LogP) is 4.06. The van der Waals surface area contributed by atoms with Gasteiger partial charge in [-0.15, -0.1) is 11.3 Å². The van der Waals surface area contributed by atoms with E-state index in [0.29, 0.717) is 0 Å². The summed E-state index contributed by atoms with van der Waals surface area (Å²) in [4.78, 5) is 6.47. The van der Waals surface area contributed by atoms with E-state index in [0.717, 1.165) is 13.1 Å². The number of nitrogens with zero attached hydrogens (tertiary/aromatic N) is 2. The average molecular weight is 333 g/mol. The smallest absolute Gasteiger partial charge is 0.0339 e. The first-order valence-corrected chi connectivity index (χ1v) is 8.55.